The molecule has 0 spiro atoms. The molecule has 2 rings (SSSR count). The number of para-hydroxylation sites is 1. The summed E-state index contributed by atoms with van der Waals surface area (Å²) in [7, 11) is 0. The van der Waals surface area contributed by atoms with E-state index >= 15 is 0 Å². The molecule has 1 N–H and O–H groups in total. The number of hydrogen-bond acceptors (Lipinski definition) is 3. The Kier molecular flexibility index (Phi) is 4.48. The first-order chi connectivity index (χ1) is 9.58. The average Bonchev–Trinajstić information content (AvgIpc) is 2.47. The summed E-state index contributed by atoms with van der Waals surface area (Å²) in [6.07, 6.45) is 2.15. The molecule has 1 heterocycles. The van der Waals surface area contributed by atoms with Crippen molar-refractivity contribution in [1.29, 1.82) is 0 Å². The van der Waals surface area contributed by atoms with E-state index in [0.29, 0.717) is 17.6 Å². The molecule has 1 aromatic heterocycles. The number of nitrogens with zero attached hydrogens (tertiary/aromatic N) is 2. The predicted octanol–water partition coefficient (Wildman–Crippen LogP) is 4.34. The lowest BCUT2D eigenvalue weighted by Gasteiger charge is -2.35. The molecule has 0 fully saturated rings. The van der Waals surface area contributed by atoms with Gasteiger partial charge < -0.3 is 10.0 Å². The van der Waals surface area contributed by atoms with E-state index in [4.69, 9.17) is 0 Å². The van der Waals surface area contributed by atoms with Crippen molar-refractivity contribution in [2.24, 2.45) is 0 Å². The van der Waals surface area contributed by atoms with E-state index in [1.165, 1.54) is 0 Å². The van der Waals surface area contributed by atoms with E-state index in [2.05, 4.69) is 43.6 Å². The van der Waals surface area contributed by atoms with Gasteiger partial charge >= 0.3 is 0 Å². The highest BCUT2D eigenvalue weighted by molar-refractivity contribution is 5.85. The molecular weight excluding hydrogens is 248 g/mol. The van der Waals surface area contributed by atoms with Crippen LogP contribution < -0.4 is 4.90 Å². The molecule has 0 bridgehead atoms. The van der Waals surface area contributed by atoms with Gasteiger partial charge in [0.05, 0.1) is 0 Å². The van der Waals surface area contributed by atoms with Crippen LogP contribution in [0.2, 0.25) is 0 Å². The molecule has 0 amide bonds. The molecule has 2 atom stereocenters. The number of fused-ring (bicyclic) bond motifs is 1. The van der Waals surface area contributed by atoms with Crippen molar-refractivity contribution in [2.75, 3.05) is 4.90 Å². The molecular formula is C17H24N2O. The van der Waals surface area contributed by atoms with E-state index < -0.39 is 0 Å². The van der Waals surface area contributed by atoms with Gasteiger partial charge in [0.2, 0.25) is 0 Å². The van der Waals surface area contributed by atoms with Gasteiger partial charge in [0, 0.05) is 17.5 Å². The van der Waals surface area contributed by atoms with Crippen LogP contribution in [0.25, 0.3) is 10.9 Å². The lowest BCUT2D eigenvalue weighted by molar-refractivity contribution is 0.480. The maximum Gasteiger partial charge on any atom is 0.141 e. The van der Waals surface area contributed by atoms with Gasteiger partial charge in [-0.25, -0.2) is 4.98 Å². The fourth-order valence-electron chi connectivity index (χ4n) is 2.54. The van der Waals surface area contributed by atoms with Crippen molar-refractivity contribution in [3.63, 3.8) is 0 Å². The van der Waals surface area contributed by atoms with Crippen molar-refractivity contribution < 1.29 is 5.11 Å². The largest absolute Gasteiger partial charge is 0.506 e. The Bertz CT molecular complexity index is 572. The molecule has 0 saturated heterocycles. The molecule has 2 aromatic rings. The highest BCUT2D eigenvalue weighted by Gasteiger charge is 2.20. The topological polar surface area (TPSA) is 36.4 Å². The SMILES string of the molecule is CCC(C)N(c1ccc2cccc(O)c2n1)C(C)CC. The third-order valence-electron chi connectivity index (χ3n) is 4.08. The maximum atomic E-state index is 9.99. The summed E-state index contributed by atoms with van der Waals surface area (Å²) < 4.78 is 0. The number of phenolic OH excluding ortho intramolecular Hbond substituents is 1. The monoisotopic (exact) mass is 272 g/mol. The molecule has 20 heavy (non-hydrogen) atoms. The number of rotatable bonds is 5. The van der Waals surface area contributed by atoms with Gasteiger partial charge in [0.25, 0.3) is 0 Å². The number of anilines is 1. The second-order valence-corrected chi connectivity index (χ2v) is 5.44. The summed E-state index contributed by atoms with van der Waals surface area (Å²) in [6, 6.07) is 10.5. The molecule has 0 radical (unpaired) electrons. The number of aromatic hydroxyl groups is 1. The van der Waals surface area contributed by atoms with Crippen molar-refractivity contribution in [3.05, 3.63) is 30.3 Å². The second kappa shape index (κ2) is 6.12. The zero-order valence-electron chi connectivity index (χ0n) is 12.8. The molecule has 3 heteroatoms. The Balaban J connectivity index is 2.50. The summed E-state index contributed by atoms with van der Waals surface area (Å²) in [4.78, 5) is 7.04. The van der Waals surface area contributed by atoms with Gasteiger partial charge in [-0.1, -0.05) is 26.0 Å². The standard InChI is InChI=1S/C17H24N2O/c1-5-12(3)19(13(4)6-2)16-11-10-14-8-7-9-15(20)17(14)18-16/h7-13,20H,5-6H2,1-4H3. The van der Waals surface area contributed by atoms with E-state index in [-0.39, 0.29) is 5.75 Å². The first kappa shape index (κ1) is 14.6. The second-order valence-electron chi connectivity index (χ2n) is 5.44. The minimum atomic E-state index is 0.248. The van der Waals surface area contributed by atoms with Gasteiger partial charge in [-0.15, -0.1) is 0 Å². The Morgan fingerprint density at radius 3 is 2.30 bits per heavy atom. The first-order valence-electron chi connectivity index (χ1n) is 7.45. The number of phenols is 1. The van der Waals surface area contributed by atoms with E-state index in [1.54, 1.807) is 6.07 Å². The van der Waals surface area contributed by atoms with Crippen molar-refractivity contribution in [1.82, 2.24) is 4.98 Å². The zero-order valence-corrected chi connectivity index (χ0v) is 12.8. The Labute approximate surface area is 121 Å². The van der Waals surface area contributed by atoms with Crippen LogP contribution in [0.4, 0.5) is 5.82 Å². The van der Waals surface area contributed by atoms with Crippen molar-refractivity contribution in [2.45, 2.75) is 52.6 Å². The van der Waals surface area contributed by atoms with Gasteiger partial charge in [-0.05, 0) is 44.9 Å². The molecule has 0 aliphatic heterocycles. The smallest absolute Gasteiger partial charge is 0.141 e. The summed E-state index contributed by atoms with van der Waals surface area (Å²) in [5.74, 6) is 1.19. The summed E-state index contributed by atoms with van der Waals surface area (Å²) in [5, 5.41) is 11.0. The van der Waals surface area contributed by atoms with Gasteiger partial charge in [0.15, 0.2) is 0 Å². The lowest BCUT2D eigenvalue weighted by atomic mass is 10.1. The van der Waals surface area contributed by atoms with Gasteiger partial charge in [-0.3, -0.25) is 0 Å². The molecule has 3 nitrogen and oxygen atoms in total. The third kappa shape index (κ3) is 2.72. The number of hydrogen-bond donors (Lipinski definition) is 1. The Hall–Kier alpha value is -1.77. The Morgan fingerprint density at radius 2 is 1.70 bits per heavy atom. The van der Waals surface area contributed by atoms with E-state index in [1.807, 2.05) is 18.2 Å². The zero-order chi connectivity index (χ0) is 14.7. The first-order valence-corrected chi connectivity index (χ1v) is 7.45. The van der Waals surface area contributed by atoms with Crippen LogP contribution in [0.3, 0.4) is 0 Å². The van der Waals surface area contributed by atoms with Crippen LogP contribution in [-0.2, 0) is 0 Å². The van der Waals surface area contributed by atoms with Crippen molar-refractivity contribution >= 4 is 16.7 Å². The van der Waals surface area contributed by atoms with Gasteiger partial charge in [-0.2, -0.15) is 0 Å². The van der Waals surface area contributed by atoms with Crippen molar-refractivity contribution in [3.8, 4) is 5.75 Å². The van der Waals surface area contributed by atoms with E-state index in [9.17, 15) is 5.11 Å². The average molecular weight is 272 g/mol. The van der Waals surface area contributed by atoms with Crippen LogP contribution in [0.1, 0.15) is 40.5 Å². The highest BCUT2D eigenvalue weighted by Crippen LogP contribution is 2.28. The van der Waals surface area contributed by atoms with Gasteiger partial charge in [0.1, 0.15) is 17.1 Å². The molecule has 0 aliphatic rings. The van der Waals surface area contributed by atoms with Crippen LogP contribution in [0, 0.1) is 0 Å². The summed E-state index contributed by atoms with van der Waals surface area (Å²) in [5.41, 5.74) is 0.682. The van der Waals surface area contributed by atoms with Crippen LogP contribution in [0.15, 0.2) is 30.3 Å². The fourth-order valence-corrected chi connectivity index (χ4v) is 2.54. The minimum absolute atomic E-state index is 0.248. The molecule has 0 saturated carbocycles. The minimum Gasteiger partial charge on any atom is -0.506 e. The number of pyridine rings is 1. The third-order valence-corrected chi connectivity index (χ3v) is 4.08. The molecule has 1 aromatic carbocycles. The van der Waals surface area contributed by atoms with E-state index in [0.717, 1.165) is 24.0 Å². The Morgan fingerprint density at radius 1 is 1.05 bits per heavy atom. The maximum absolute atomic E-state index is 9.99. The predicted molar refractivity (Wildman–Crippen MR) is 85.4 cm³/mol. The number of benzene rings is 1. The molecule has 108 valence electrons. The summed E-state index contributed by atoms with van der Waals surface area (Å²) in [6.45, 7) is 8.84. The van der Waals surface area contributed by atoms with Crippen LogP contribution in [-0.4, -0.2) is 22.2 Å². The lowest BCUT2D eigenvalue weighted by Crippen LogP contribution is -2.40. The normalized spacial score (nSPS) is 14.2. The van der Waals surface area contributed by atoms with Crippen LogP contribution >= 0.6 is 0 Å². The summed E-state index contributed by atoms with van der Waals surface area (Å²) >= 11 is 0. The molecule has 0 aliphatic carbocycles. The quantitative estimate of drug-likeness (QED) is 0.879. The highest BCUT2D eigenvalue weighted by atomic mass is 16.3. The molecule has 2 unspecified atom stereocenters. The van der Waals surface area contributed by atoms with Crippen LogP contribution in [0.5, 0.6) is 5.75 Å². The number of aromatic nitrogens is 1. The fraction of sp³-hybridized carbons (Fsp3) is 0.471.